The molecule has 1 aromatic heterocycles. The Kier molecular flexibility index (Phi) is 13.5. The average molecular weight is 684 g/mol. The predicted molar refractivity (Wildman–Crippen MR) is 189 cm³/mol. The lowest BCUT2D eigenvalue weighted by atomic mass is 10.1. The van der Waals surface area contributed by atoms with Crippen LogP contribution < -0.4 is 21.3 Å². The monoisotopic (exact) mass is 683 g/mol. The van der Waals surface area contributed by atoms with E-state index in [9.17, 15) is 14.4 Å². The van der Waals surface area contributed by atoms with Gasteiger partial charge in [-0.3, -0.25) is 29.1 Å². The third kappa shape index (κ3) is 9.40. The second-order valence-corrected chi connectivity index (χ2v) is 12.7. The molecule has 0 aliphatic carbocycles. The molecule has 5 rings (SSSR count). The fraction of sp³-hybridized carbons (Fsp3) is 0.486. The molecular formula is C35H47ClFN7O4. The molecule has 2 aromatic carbocycles. The van der Waals surface area contributed by atoms with Crippen molar-refractivity contribution >= 4 is 52.5 Å². The Morgan fingerprint density at radius 3 is 2.44 bits per heavy atom. The summed E-state index contributed by atoms with van der Waals surface area (Å²) in [7, 11) is 4.01. The first-order valence-electron chi connectivity index (χ1n) is 16.6. The Hall–Kier alpha value is -3.84. The molecule has 2 aliphatic rings. The van der Waals surface area contributed by atoms with Crippen molar-refractivity contribution in [1.29, 1.82) is 0 Å². The maximum atomic E-state index is 15.4. The van der Waals surface area contributed by atoms with Crippen LogP contribution in [0, 0.1) is 5.82 Å². The lowest BCUT2D eigenvalue weighted by Gasteiger charge is -2.36. The van der Waals surface area contributed by atoms with Crippen molar-refractivity contribution in [1.82, 2.24) is 30.1 Å². The minimum atomic E-state index is -0.409. The minimum absolute atomic E-state index is 0. The number of hydrogen-bond acceptors (Lipinski definition) is 8. The van der Waals surface area contributed by atoms with Crippen LogP contribution in [0.3, 0.4) is 0 Å². The number of amides is 2. The molecule has 11 nitrogen and oxygen atoms in total. The summed E-state index contributed by atoms with van der Waals surface area (Å²) in [5.74, 6) is -0.255. The predicted octanol–water partition coefficient (Wildman–Crippen LogP) is 4.16. The van der Waals surface area contributed by atoms with Gasteiger partial charge in [-0.1, -0.05) is 25.0 Å². The Morgan fingerprint density at radius 2 is 1.73 bits per heavy atom. The van der Waals surface area contributed by atoms with E-state index in [0.717, 1.165) is 69.4 Å². The van der Waals surface area contributed by atoms with Gasteiger partial charge in [0.05, 0.1) is 16.6 Å². The molecule has 13 heteroatoms. The highest BCUT2D eigenvalue weighted by atomic mass is 35.5. The fourth-order valence-corrected chi connectivity index (χ4v) is 6.28. The van der Waals surface area contributed by atoms with Crippen molar-refractivity contribution < 1.29 is 19.2 Å². The van der Waals surface area contributed by atoms with Gasteiger partial charge in [-0.2, -0.15) is 0 Å². The van der Waals surface area contributed by atoms with Crippen LogP contribution in [0.25, 0.3) is 22.6 Å². The van der Waals surface area contributed by atoms with Gasteiger partial charge in [0.15, 0.2) is 0 Å². The van der Waals surface area contributed by atoms with Crippen LogP contribution in [0.1, 0.15) is 66.7 Å². The van der Waals surface area contributed by atoms with Crippen LogP contribution in [0.2, 0.25) is 0 Å². The molecule has 1 saturated heterocycles. The Labute approximate surface area is 287 Å². The van der Waals surface area contributed by atoms with Gasteiger partial charge in [-0.25, -0.2) is 14.9 Å². The van der Waals surface area contributed by atoms with E-state index in [1.807, 2.05) is 37.2 Å². The molecule has 1 fully saturated rings. The summed E-state index contributed by atoms with van der Waals surface area (Å²) in [5, 5.41) is 11.8. The molecule has 2 amide bonds. The van der Waals surface area contributed by atoms with Crippen LogP contribution in [-0.2, 0) is 11.3 Å². The SMILES string of the molecule is CN(C)CCCNC(=O)c1ccc(/C=C2\CCn3c2nc2cc(N4CCN(CCCCCCC(=O)NO)CC4)c(F)cc2c3=O)cc1.Cl. The van der Waals surface area contributed by atoms with E-state index >= 15 is 4.39 Å². The fourth-order valence-electron chi connectivity index (χ4n) is 6.28. The molecule has 0 spiro atoms. The summed E-state index contributed by atoms with van der Waals surface area (Å²) >= 11 is 0. The molecule has 0 atom stereocenters. The molecule has 0 radical (unpaired) electrons. The number of unbranched alkanes of at least 4 members (excludes halogenated alkanes) is 3. The molecule has 48 heavy (non-hydrogen) atoms. The van der Waals surface area contributed by atoms with Crippen molar-refractivity contribution in [2.45, 2.75) is 51.5 Å². The minimum Gasteiger partial charge on any atom is -0.367 e. The first-order chi connectivity index (χ1) is 22.7. The number of hydroxylamine groups is 1. The Bertz CT molecular complexity index is 1650. The third-order valence-corrected chi connectivity index (χ3v) is 8.96. The number of anilines is 1. The van der Waals surface area contributed by atoms with Crippen molar-refractivity contribution in [2.75, 3.05) is 64.8 Å². The quantitative estimate of drug-likeness (QED) is 0.132. The number of hydrogen-bond donors (Lipinski definition) is 3. The number of piperazine rings is 1. The summed E-state index contributed by atoms with van der Waals surface area (Å²) in [5.41, 5.74) is 4.83. The molecule has 3 N–H and O–H groups in total. The van der Waals surface area contributed by atoms with Crippen LogP contribution in [0.5, 0.6) is 0 Å². The summed E-state index contributed by atoms with van der Waals surface area (Å²) in [6, 6.07) is 10.5. The zero-order chi connectivity index (χ0) is 33.3. The van der Waals surface area contributed by atoms with Gasteiger partial charge in [0, 0.05) is 51.3 Å². The van der Waals surface area contributed by atoms with Crippen LogP contribution in [0.4, 0.5) is 10.1 Å². The van der Waals surface area contributed by atoms with Gasteiger partial charge < -0.3 is 15.1 Å². The van der Waals surface area contributed by atoms with Gasteiger partial charge in [0.1, 0.15) is 11.6 Å². The standard InChI is InChI=1S/C35H46FN7O4.ClH/c1-40(2)15-7-14-37-34(45)26-11-9-25(10-12-26)22-27-13-17-43-33(27)38-30-24-31(29(36)23-28(30)35(43)46)42-20-18-41(19-21-42)16-6-4-3-5-8-32(44)39-47;/h9-12,22-24,47H,3-8,13-21H2,1-2H3,(H,37,45)(H,39,44);1H/b27-22+;. The zero-order valence-electron chi connectivity index (χ0n) is 27.8. The number of rotatable bonds is 14. The topological polar surface area (TPSA) is 123 Å². The van der Waals surface area contributed by atoms with Crippen molar-refractivity contribution in [2.24, 2.45) is 0 Å². The molecule has 260 valence electrons. The van der Waals surface area contributed by atoms with Crippen molar-refractivity contribution in [3.05, 3.63) is 69.5 Å². The van der Waals surface area contributed by atoms with Gasteiger partial charge >= 0.3 is 0 Å². The van der Waals surface area contributed by atoms with Crippen molar-refractivity contribution in [3.8, 4) is 0 Å². The van der Waals surface area contributed by atoms with Crippen LogP contribution >= 0.6 is 12.4 Å². The first kappa shape index (κ1) is 37.0. The van der Waals surface area contributed by atoms with Crippen LogP contribution in [0.15, 0.2) is 41.2 Å². The average Bonchev–Trinajstić information content (AvgIpc) is 3.47. The number of fused-ring (bicyclic) bond motifs is 2. The molecule has 2 aliphatic heterocycles. The van der Waals surface area contributed by atoms with E-state index in [1.165, 1.54) is 6.07 Å². The maximum absolute atomic E-state index is 15.4. The highest BCUT2D eigenvalue weighted by Crippen LogP contribution is 2.30. The number of halogens is 2. The summed E-state index contributed by atoms with van der Waals surface area (Å²) in [6.07, 6.45) is 7.59. The Balaban J connectivity index is 0.00000520. The molecule has 0 bridgehead atoms. The second kappa shape index (κ2) is 17.5. The highest BCUT2D eigenvalue weighted by Gasteiger charge is 2.24. The van der Waals surface area contributed by atoms with Gasteiger partial charge in [-0.15, -0.1) is 12.4 Å². The summed E-state index contributed by atoms with van der Waals surface area (Å²) in [6.45, 7) is 5.95. The highest BCUT2D eigenvalue weighted by molar-refractivity contribution is 5.94. The van der Waals surface area contributed by atoms with Gasteiger partial charge in [0.25, 0.3) is 11.5 Å². The number of allylic oxidation sites excluding steroid dienone is 1. The molecule has 3 aromatic rings. The van der Waals surface area contributed by atoms with E-state index in [-0.39, 0.29) is 35.2 Å². The lowest BCUT2D eigenvalue weighted by Crippen LogP contribution is -2.47. The number of carbonyl (C=O) groups excluding carboxylic acids is 2. The van der Waals surface area contributed by atoms with E-state index in [1.54, 1.807) is 28.2 Å². The van der Waals surface area contributed by atoms with Crippen LogP contribution in [-0.4, -0.2) is 96.3 Å². The number of benzene rings is 2. The second-order valence-electron chi connectivity index (χ2n) is 12.7. The largest absolute Gasteiger partial charge is 0.367 e. The zero-order valence-corrected chi connectivity index (χ0v) is 28.7. The van der Waals surface area contributed by atoms with E-state index in [4.69, 9.17) is 10.2 Å². The smallest absolute Gasteiger partial charge is 0.261 e. The molecular weight excluding hydrogens is 637 g/mol. The van der Waals surface area contributed by atoms with E-state index < -0.39 is 5.82 Å². The molecule has 0 saturated carbocycles. The lowest BCUT2D eigenvalue weighted by molar-refractivity contribution is -0.129. The number of aromatic nitrogens is 2. The normalized spacial score (nSPS) is 15.5. The third-order valence-electron chi connectivity index (χ3n) is 8.96. The Morgan fingerprint density at radius 1 is 1.00 bits per heavy atom. The summed E-state index contributed by atoms with van der Waals surface area (Å²) in [4.78, 5) is 48.4. The van der Waals surface area contributed by atoms with E-state index in [2.05, 4.69) is 15.1 Å². The molecule has 3 heterocycles. The first-order valence-corrected chi connectivity index (χ1v) is 16.6. The summed E-state index contributed by atoms with van der Waals surface area (Å²) < 4.78 is 17.0. The number of nitrogens with zero attached hydrogens (tertiary/aromatic N) is 5. The molecule has 0 unspecified atom stereocenters. The van der Waals surface area contributed by atoms with E-state index in [0.29, 0.717) is 61.6 Å². The number of carbonyl (C=O) groups is 2. The number of nitrogens with one attached hydrogen (secondary N) is 2. The maximum Gasteiger partial charge on any atom is 0.261 e. The van der Waals surface area contributed by atoms with Gasteiger partial charge in [-0.05, 0) is 94.3 Å². The van der Waals surface area contributed by atoms with Gasteiger partial charge in [0.2, 0.25) is 5.91 Å². The van der Waals surface area contributed by atoms with Crippen molar-refractivity contribution in [3.63, 3.8) is 0 Å².